The van der Waals surface area contributed by atoms with Crippen molar-refractivity contribution in [1.29, 1.82) is 0 Å². The Labute approximate surface area is 90.5 Å². The molecule has 0 radical (unpaired) electrons. The van der Waals surface area contributed by atoms with Crippen LogP contribution in [-0.4, -0.2) is 22.3 Å². The van der Waals surface area contributed by atoms with E-state index in [2.05, 4.69) is 15.9 Å². The van der Waals surface area contributed by atoms with E-state index in [1.807, 2.05) is 18.2 Å². The molecule has 0 saturated heterocycles. The second-order valence-electron chi connectivity index (χ2n) is 3.09. The van der Waals surface area contributed by atoms with Crippen LogP contribution in [0, 0.1) is 0 Å². The number of benzene rings is 1. The predicted molar refractivity (Wildman–Crippen MR) is 56.2 cm³/mol. The minimum absolute atomic E-state index is 0.428. The van der Waals surface area contributed by atoms with E-state index in [9.17, 15) is 9.90 Å². The number of rotatable bonds is 3. The van der Waals surface area contributed by atoms with Crippen molar-refractivity contribution in [3.63, 3.8) is 0 Å². The fraction of sp³-hybridized carbons (Fsp3) is 0.300. The van der Waals surface area contributed by atoms with Gasteiger partial charge in [0, 0.05) is 10.4 Å². The van der Waals surface area contributed by atoms with Gasteiger partial charge in [0.2, 0.25) is 0 Å². The molecule has 1 rings (SSSR count). The summed E-state index contributed by atoms with van der Waals surface area (Å²) in [5.74, 6) is -1.63. The average molecular weight is 259 g/mol. The molecule has 2 unspecified atom stereocenters. The van der Waals surface area contributed by atoms with Gasteiger partial charge in [-0.2, -0.15) is 0 Å². The monoisotopic (exact) mass is 258 g/mol. The summed E-state index contributed by atoms with van der Waals surface area (Å²) in [6.07, 6.45) is -1.37. The van der Waals surface area contributed by atoms with E-state index >= 15 is 0 Å². The fourth-order valence-electron chi connectivity index (χ4n) is 1.23. The second kappa shape index (κ2) is 4.57. The topological polar surface area (TPSA) is 57.5 Å². The Bertz CT molecular complexity index is 338. The summed E-state index contributed by atoms with van der Waals surface area (Å²) in [5.41, 5.74) is 0.794. The maximum Gasteiger partial charge on any atom is 0.333 e. The van der Waals surface area contributed by atoms with Crippen molar-refractivity contribution in [3.8, 4) is 0 Å². The molecule has 0 amide bonds. The van der Waals surface area contributed by atoms with E-state index in [1.54, 1.807) is 13.0 Å². The number of aliphatic hydroxyl groups excluding tert-OH is 1. The van der Waals surface area contributed by atoms with Crippen LogP contribution in [0.2, 0.25) is 0 Å². The summed E-state index contributed by atoms with van der Waals surface area (Å²) >= 11 is 3.31. The lowest BCUT2D eigenvalue weighted by Crippen LogP contribution is -2.26. The molecule has 0 spiro atoms. The lowest BCUT2D eigenvalue weighted by atomic mass is 9.95. The predicted octanol–water partition coefficient (Wildman–Crippen LogP) is 2.00. The molecule has 0 aliphatic heterocycles. The quantitative estimate of drug-likeness (QED) is 0.872. The van der Waals surface area contributed by atoms with Crippen LogP contribution >= 0.6 is 15.9 Å². The normalized spacial score (nSPS) is 14.8. The highest BCUT2D eigenvalue weighted by Gasteiger charge is 2.24. The van der Waals surface area contributed by atoms with E-state index in [1.165, 1.54) is 0 Å². The number of hydrogen-bond acceptors (Lipinski definition) is 2. The van der Waals surface area contributed by atoms with Crippen LogP contribution in [0.25, 0.3) is 0 Å². The standard InChI is InChI=1S/C10H11BrO3/c1-6(9(12)10(13)14)7-4-2-3-5-8(7)11/h2-6,9,12H,1H3,(H,13,14). The Morgan fingerprint density at radius 1 is 1.43 bits per heavy atom. The van der Waals surface area contributed by atoms with E-state index in [0.717, 1.165) is 10.0 Å². The molecule has 0 bridgehead atoms. The van der Waals surface area contributed by atoms with Gasteiger partial charge in [-0.1, -0.05) is 41.1 Å². The summed E-state index contributed by atoms with van der Waals surface area (Å²) in [4.78, 5) is 10.6. The third-order valence-electron chi connectivity index (χ3n) is 2.12. The van der Waals surface area contributed by atoms with Crippen LogP contribution in [-0.2, 0) is 4.79 Å². The zero-order valence-electron chi connectivity index (χ0n) is 7.64. The Hall–Kier alpha value is -0.870. The summed E-state index contributed by atoms with van der Waals surface area (Å²) in [5, 5.41) is 18.0. The van der Waals surface area contributed by atoms with Crippen molar-refractivity contribution >= 4 is 21.9 Å². The highest BCUT2D eigenvalue weighted by atomic mass is 79.9. The molecule has 4 heteroatoms. The van der Waals surface area contributed by atoms with Gasteiger partial charge in [-0.15, -0.1) is 0 Å². The first-order valence-corrected chi connectivity index (χ1v) is 4.98. The lowest BCUT2D eigenvalue weighted by molar-refractivity contribution is -0.147. The molecule has 0 aromatic heterocycles. The molecule has 3 nitrogen and oxygen atoms in total. The number of hydrogen-bond donors (Lipinski definition) is 2. The average Bonchev–Trinajstić information content (AvgIpc) is 2.16. The van der Waals surface area contributed by atoms with Crippen LogP contribution in [0.1, 0.15) is 18.4 Å². The Balaban J connectivity index is 2.94. The second-order valence-corrected chi connectivity index (χ2v) is 3.95. The van der Waals surface area contributed by atoms with E-state index in [-0.39, 0.29) is 0 Å². The minimum atomic E-state index is -1.37. The fourth-order valence-corrected chi connectivity index (χ4v) is 1.87. The molecular weight excluding hydrogens is 248 g/mol. The summed E-state index contributed by atoms with van der Waals surface area (Å²) in [7, 11) is 0. The zero-order valence-corrected chi connectivity index (χ0v) is 9.23. The molecule has 0 aliphatic rings. The minimum Gasteiger partial charge on any atom is -0.479 e. The van der Waals surface area contributed by atoms with Gasteiger partial charge in [0.1, 0.15) is 0 Å². The molecule has 0 heterocycles. The van der Waals surface area contributed by atoms with Gasteiger partial charge in [0.25, 0.3) is 0 Å². The first-order chi connectivity index (χ1) is 6.54. The van der Waals surface area contributed by atoms with Crippen LogP contribution in [0.3, 0.4) is 0 Å². The smallest absolute Gasteiger partial charge is 0.333 e. The molecule has 76 valence electrons. The number of carboxylic acids is 1. The van der Waals surface area contributed by atoms with Crippen molar-refractivity contribution in [1.82, 2.24) is 0 Å². The van der Waals surface area contributed by atoms with E-state index in [4.69, 9.17) is 5.11 Å². The van der Waals surface area contributed by atoms with Crippen LogP contribution < -0.4 is 0 Å². The van der Waals surface area contributed by atoms with Gasteiger partial charge in [0.15, 0.2) is 6.10 Å². The highest BCUT2D eigenvalue weighted by molar-refractivity contribution is 9.10. The van der Waals surface area contributed by atoms with Crippen molar-refractivity contribution in [3.05, 3.63) is 34.3 Å². The number of aliphatic carboxylic acids is 1. The van der Waals surface area contributed by atoms with E-state index < -0.39 is 18.0 Å². The third kappa shape index (κ3) is 2.33. The maximum atomic E-state index is 10.6. The SMILES string of the molecule is CC(c1ccccc1Br)C(O)C(=O)O. The van der Waals surface area contributed by atoms with Crippen molar-refractivity contribution in [2.75, 3.05) is 0 Å². The third-order valence-corrected chi connectivity index (χ3v) is 2.84. The molecule has 1 aromatic carbocycles. The van der Waals surface area contributed by atoms with E-state index in [0.29, 0.717) is 0 Å². The first-order valence-electron chi connectivity index (χ1n) is 4.19. The Morgan fingerprint density at radius 3 is 2.50 bits per heavy atom. The number of halogens is 1. The van der Waals surface area contributed by atoms with Crippen molar-refractivity contribution in [2.24, 2.45) is 0 Å². The molecule has 2 atom stereocenters. The number of aliphatic hydroxyl groups is 1. The van der Waals surface area contributed by atoms with Gasteiger partial charge < -0.3 is 10.2 Å². The molecule has 1 aromatic rings. The molecular formula is C10H11BrO3. The first kappa shape index (κ1) is 11.2. The van der Waals surface area contributed by atoms with Crippen LogP contribution in [0.4, 0.5) is 0 Å². The van der Waals surface area contributed by atoms with Crippen LogP contribution in [0.15, 0.2) is 28.7 Å². The lowest BCUT2D eigenvalue weighted by Gasteiger charge is -2.16. The summed E-state index contributed by atoms with van der Waals surface area (Å²) in [6.45, 7) is 1.68. The number of carbonyl (C=O) groups is 1. The van der Waals surface area contributed by atoms with Gasteiger partial charge in [-0.05, 0) is 11.6 Å². The maximum absolute atomic E-state index is 10.6. The molecule has 0 fully saturated rings. The highest BCUT2D eigenvalue weighted by Crippen LogP contribution is 2.26. The zero-order chi connectivity index (χ0) is 10.7. The number of carboxylic acid groups (broad SMARTS) is 1. The van der Waals surface area contributed by atoms with Gasteiger partial charge in [0.05, 0.1) is 0 Å². The largest absolute Gasteiger partial charge is 0.479 e. The van der Waals surface area contributed by atoms with Gasteiger partial charge >= 0.3 is 5.97 Å². The van der Waals surface area contributed by atoms with Crippen molar-refractivity contribution in [2.45, 2.75) is 18.9 Å². The van der Waals surface area contributed by atoms with Gasteiger partial charge in [-0.25, -0.2) is 4.79 Å². The molecule has 2 N–H and O–H groups in total. The van der Waals surface area contributed by atoms with Crippen molar-refractivity contribution < 1.29 is 15.0 Å². The van der Waals surface area contributed by atoms with Crippen LogP contribution in [0.5, 0.6) is 0 Å². The van der Waals surface area contributed by atoms with Gasteiger partial charge in [-0.3, -0.25) is 0 Å². The summed E-state index contributed by atoms with van der Waals surface area (Å²) in [6, 6.07) is 7.26. The summed E-state index contributed by atoms with van der Waals surface area (Å²) < 4.78 is 0.813. The molecule has 0 saturated carbocycles. The molecule has 0 aliphatic carbocycles. The molecule has 14 heavy (non-hydrogen) atoms. The Kier molecular flexibility index (Phi) is 3.66. The Morgan fingerprint density at radius 2 is 2.00 bits per heavy atom.